The molecule has 1 amide bonds. The molecular weight excluding hydrogens is 414 g/mol. The lowest BCUT2D eigenvalue weighted by Crippen LogP contribution is -2.30. The Kier molecular flexibility index (Phi) is 8.03. The summed E-state index contributed by atoms with van der Waals surface area (Å²) in [5.41, 5.74) is 2.21. The minimum atomic E-state index is -3.54. The van der Waals surface area contributed by atoms with Gasteiger partial charge in [0, 0.05) is 31.2 Å². The number of hydrogen-bond donors (Lipinski definition) is 2. The molecule has 0 atom stereocenters. The van der Waals surface area contributed by atoms with Crippen LogP contribution in [-0.4, -0.2) is 44.3 Å². The number of nitro groups is 1. The van der Waals surface area contributed by atoms with Crippen LogP contribution in [-0.2, 0) is 20.4 Å². The SMILES string of the molecule is Cc1cccc(CSCC(=O)NCCNc2ccc(S(C)(=O)=O)cc2[N+](=O)[O-])c1. The van der Waals surface area contributed by atoms with Crippen molar-refractivity contribution in [2.24, 2.45) is 0 Å². The van der Waals surface area contributed by atoms with Crippen molar-refractivity contribution in [3.63, 3.8) is 0 Å². The van der Waals surface area contributed by atoms with Crippen molar-refractivity contribution in [2.75, 3.05) is 30.4 Å². The fourth-order valence-electron chi connectivity index (χ4n) is 2.56. The van der Waals surface area contributed by atoms with Crippen LogP contribution in [0.1, 0.15) is 11.1 Å². The molecule has 0 saturated heterocycles. The molecule has 8 nitrogen and oxygen atoms in total. The number of rotatable bonds is 10. The zero-order valence-electron chi connectivity index (χ0n) is 16.2. The predicted molar refractivity (Wildman–Crippen MR) is 115 cm³/mol. The number of nitro benzene ring substituents is 1. The van der Waals surface area contributed by atoms with Crippen molar-refractivity contribution in [2.45, 2.75) is 17.6 Å². The molecule has 29 heavy (non-hydrogen) atoms. The van der Waals surface area contributed by atoms with E-state index in [0.717, 1.165) is 23.6 Å². The minimum absolute atomic E-state index is 0.117. The zero-order chi connectivity index (χ0) is 21.4. The van der Waals surface area contributed by atoms with Gasteiger partial charge < -0.3 is 10.6 Å². The van der Waals surface area contributed by atoms with Gasteiger partial charge in [0.05, 0.1) is 15.6 Å². The molecule has 2 aromatic carbocycles. The quantitative estimate of drug-likeness (QED) is 0.333. The highest BCUT2D eigenvalue weighted by Gasteiger charge is 2.18. The Morgan fingerprint density at radius 2 is 1.93 bits per heavy atom. The van der Waals surface area contributed by atoms with Crippen molar-refractivity contribution in [1.82, 2.24) is 5.32 Å². The summed E-state index contributed by atoms with van der Waals surface area (Å²) in [6, 6.07) is 11.8. The van der Waals surface area contributed by atoms with Gasteiger partial charge in [-0.05, 0) is 24.6 Å². The van der Waals surface area contributed by atoms with Gasteiger partial charge in [0.1, 0.15) is 5.69 Å². The lowest BCUT2D eigenvalue weighted by atomic mass is 10.2. The van der Waals surface area contributed by atoms with Gasteiger partial charge in [0.2, 0.25) is 5.91 Å². The number of amides is 1. The molecule has 0 aliphatic rings. The van der Waals surface area contributed by atoms with Crippen LogP contribution in [0.25, 0.3) is 0 Å². The summed E-state index contributed by atoms with van der Waals surface area (Å²) >= 11 is 1.51. The summed E-state index contributed by atoms with van der Waals surface area (Å²) in [5, 5.41) is 16.8. The number of thioether (sulfide) groups is 1. The van der Waals surface area contributed by atoms with Crippen LogP contribution in [0.4, 0.5) is 11.4 Å². The smallest absolute Gasteiger partial charge is 0.293 e. The van der Waals surface area contributed by atoms with E-state index in [-0.39, 0.29) is 35.3 Å². The van der Waals surface area contributed by atoms with Gasteiger partial charge in [-0.2, -0.15) is 0 Å². The number of carbonyl (C=O) groups excluding carboxylic acids is 1. The van der Waals surface area contributed by atoms with Crippen LogP contribution in [0.2, 0.25) is 0 Å². The highest BCUT2D eigenvalue weighted by Crippen LogP contribution is 2.27. The molecule has 0 radical (unpaired) electrons. The molecule has 0 saturated carbocycles. The Morgan fingerprint density at radius 1 is 1.17 bits per heavy atom. The molecule has 0 bridgehead atoms. The molecule has 2 N–H and O–H groups in total. The highest BCUT2D eigenvalue weighted by atomic mass is 32.2. The summed E-state index contributed by atoms with van der Waals surface area (Å²) in [6.07, 6.45) is 0.992. The summed E-state index contributed by atoms with van der Waals surface area (Å²) in [6.45, 7) is 2.58. The number of nitrogens with one attached hydrogen (secondary N) is 2. The lowest BCUT2D eigenvalue weighted by Gasteiger charge is -2.09. The average molecular weight is 438 g/mol. The topological polar surface area (TPSA) is 118 Å². The third-order valence-corrected chi connectivity index (χ3v) is 6.06. The van der Waals surface area contributed by atoms with Gasteiger partial charge in [0.15, 0.2) is 9.84 Å². The maximum atomic E-state index is 11.9. The molecule has 0 spiro atoms. The normalized spacial score (nSPS) is 11.1. The number of sulfone groups is 1. The van der Waals surface area contributed by atoms with Crippen LogP contribution in [0, 0.1) is 17.0 Å². The van der Waals surface area contributed by atoms with E-state index in [1.165, 1.54) is 29.5 Å². The fourth-order valence-corrected chi connectivity index (χ4v) is 4.00. The van der Waals surface area contributed by atoms with Crippen molar-refractivity contribution < 1.29 is 18.1 Å². The molecule has 0 fully saturated rings. The largest absolute Gasteiger partial charge is 0.378 e. The predicted octanol–water partition coefficient (Wildman–Crippen LogP) is 2.77. The molecule has 0 aliphatic carbocycles. The fraction of sp³-hybridized carbons (Fsp3) is 0.316. The molecule has 2 aromatic rings. The van der Waals surface area contributed by atoms with E-state index in [1.807, 2.05) is 25.1 Å². The highest BCUT2D eigenvalue weighted by molar-refractivity contribution is 7.99. The summed E-state index contributed by atoms with van der Waals surface area (Å²) in [4.78, 5) is 22.3. The Hall–Kier alpha value is -2.59. The molecular formula is C19H23N3O5S2. The molecule has 0 aliphatic heterocycles. The first-order chi connectivity index (χ1) is 13.7. The zero-order valence-corrected chi connectivity index (χ0v) is 17.8. The number of anilines is 1. The monoisotopic (exact) mass is 437 g/mol. The van der Waals surface area contributed by atoms with Crippen LogP contribution in [0.15, 0.2) is 47.4 Å². The third-order valence-electron chi connectivity index (χ3n) is 3.94. The number of aryl methyl sites for hydroxylation is 1. The molecule has 0 unspecified atom stereocenters. The number of benzene rings is 2. The van der Waals surface area contributed by atoms with E-state index in [0.29, 0.717) is 5.75 Å². The van der Waals surface area contributed by atoms with Gasteiger partial charge in [-0.15, -0.1) is 11.8 Å². The van der Waals surface area contributed by atoms with Crippen LogP contribution in [0.5, 0.6) is 0 Å². The van der Waals surface area contributed by atoms with E-state index >= 15 is 0 Å². The Labute approximate surface area is 174 Å². The van der Waals surface area contributed by atoms with Gasteiger partial charge in [-0.25, -0.2) is 8.42 Å². The van der Waals surface area contributed by atoms with Crippen LogP contribution in [0.3, 0.4) is 0 Å². The van der Waals surface area contributed by atoms with E-state index in [2.05, 4.69) is 16.7 Å². The van der Waals surface area contributed by atoms with Gasteiger partial charge in [-0.3, -0.25) is 14.9 Å². The maximum absolute atomic E-state index is 11.9. The Balaban J connectivity index is 1.78. The van der Waals surface area contributed by atoms with Crippen LogP contribution < -0.4 is 10.6 Å². The lowest BCUT2D eigenvalue weighted by molar-refractivity contribution is -0.384. The first-order valence-corrected chi connectivity index (χ1v) is 11.8. The second-order valence-electron chi connectivity index (χ2n) is 6.47. The molecule has 0 heterocycles. The standard InChI is InChI=1S/C19H23N3O5S2/c1-14-4-3-5-15(10-14)12-28-13-19(23)21-9-8-20-17-7-6-16(29(2,26)27)11-18(17)22(24)25/h3-7,10-11,20H,8-9,12-13H2,1-2H3,(H,21,23). The van der Waals surface area contributed by atoms with E-state index in [4.69, 9.17) is 0 Å². The van der Waals surface area contributed by atoms with Gasteiger partial charge in [-0.1, -0.05) is 29.8 Å². The van der Waals surface area contributed by atoms with Gasteiger partial charge >= 0.3 is 0 Å². The molecule has 156 valence electrons. The number of hydrogen-bond acceptors (Lipinski definition) is 7. The van der Waals surface area contributed by atoms with Gasteiger partial charge in [0.25, 0.3) is 5.69 Å². The minimum Gasteiger partial charge on any atom is -0.378 e. The third kappa shape index (κ3) is 7.39. The maximum Gasteiger partial charge on any atom is 0.293 e. The van der Waals surface area contributed by atoms with Crippen LogP contribution >= 0.6 is 11.8 Å². The molecule has 2 rings (SSSR count). The average Bonchev–Trinajstić information content (AvgIpc) is 2.64. The van der Waals surface area contributed by atoms with Crippen molar-refractivity contribution in [3.8, 4) is 0 Å². The first-order valence-electron chi connectivity index (χ1n) is 8.79. The number of carbonyl (C=O) groups is 1. The van der Waals surface area contributed by atoms with Crippen molar-refractivity contribution >= 4 is 38.9 Å². The summed E-state index contributed by atoms with van der Waals surface area (Å²) < 4.78 is 23.1. The molecule has 0 aromatic heterocycles. The first kappa shape index (κ1) is 22.7. The second-order valence-corrected chi connectivity index (χ2v) is 9.47. The van der Waals surface area contributed by atoms with E-state index in [9.17, 15) is 23.3 Å². The Morgan fingerprint density at radius 3 is 2.59 bits per heavy atom. The summed E-state index contributed by atoms with van der Waals surface area (Å²) in [7, 11) is -3.54. The summed E-state index contributed by atoms with van der Waals surface area (Å²) in [5.74, 6) is 0.940. The Bertz CT molecular complexity index is 993. The van der Waals surface area contributed by atoms with Crippen molar-refractivity contribution in [3.05, 3.63) is 63.7 Å². The van der Waals surface area contributed by atoms with E-state index < -0.39 is 14.8 Å². The molecule has 10 heteroatoms. The number of nitrogens with zero attached hydrogens (tertiary/aromatic N) is 1. The van der Waals surface area contributed by atoms with E-state index in [1.54, 1.807) is 0 Å². The second kappa shape index (κ2) is 10.3. The van der Waals surface area contributed by atoms with Crippen molar-refractivity contribution in [1.29, 1.82) is 0 Å².